The summed E-state index contributed by atoms with van der Waals surface area (Å²) in [6, 6.07) is 0. The van der Waals surface area contributed by atoms with E-state index in [1.165, 1.54) is 4.80 Å². The zero-order valence-electron chi connectivity index (χ0n) is 6.08. The van der Waals surface area contributed by atoms with E-state index in [2.05, 4.69) is 20.2 Å². The van der Waals surface area contributed by atoms with Crippen LogP contribution in [0.25, 0.3) is 11.2 Å². The van der Waals surface area contributed by atoms with Gasteiger partial charge in [0.2, 0.25) is 10.9 Å². The summed E-state index contributed by atoms with van der Waals surface area (Å²) >= 11 is 5.49. The average molecular weight is 186 g/mol. The molecule has 2 aromatic heterocycles. The first-order chi connectivity index (χ1) is 5.66. The van der Waals surface area contributed by atoms with Crippen molar-refractivity contribution in [2.45, 2.75) is 0 Å². The highest BCUT2D eigenvalue weighted by molar-refractivity contribution is 6.28. The molecule has 62 valence electrons. The van der Waals surface area contributed by atoms with Crippen molar-refractivity contribution >= 4 is 22.8 Å². The maximum absolute atomic E-state index is 11.1. The van der Waals surface area contributed by atoms with Gasteiger partial charge in [-0.15, -0.1) is 10.2 Å². The van der Waals surface area contributed by atoms with E-state index in [-0.39, 0.29) is 22.0 Å². The van der Waals surface area contributed by atoms with Crippen LogP contribution < -0.4 is 5.56 Å². The minimum atomic E-state index is -0.377. The molecule has 6 nitrogen and oxygen atoms in total. The quantitative estimate of drug-likeness (QED) is 0.572. The minimum absolute atomic E-state index is 0.0213. The van der Waals surface area contributed by atoms with Gasteiger partial charge in [-0.05, 0) is 11.6 Å². The summed E-state index contributed by atoms with van der Waals surface area (Å²) in [5.74, 6) is 0. The first-order valence-corrected chi connectivity index (χ1v) is 3.51. The van der Waals surface area contributed by atoms with E-state index in [0.717, 1.165) is 0 Å². The number of aryl methyl sites for hydroxylation is 1. The summed E-state index contributed by atoms with van der Waals surface area (Å²) in [7, 11) is 1.61. The zero-order chi connectivity index (χ0) is 8.72. The fraction of sp³-hybridized carbons (Fsp3) is 0.200. The molecule has 0 amide bonds. The molecule has 1 N–H and O–H groups in total. The predicted molar refractivity (Wildman–Crippen MR) is 41.9 cm³/mol. The summed E-state index contributed by atoms with van der Waals surface area (Å²) < 4.78 is 0. The molecule has 0 fully saturated rings. The van der Waals surface area contributed by atoms with E-state index in [0.29, 0.717) is 0 Å². The fourth-order valence-corrected chi connectivity index (χ4v) is 1.06. The van der Waals surface area contributed by atoms with Gasteiger partial charge in [-0.2, -0.15) is 9.78 Å². The Balaban J connectivity index is 2.98. The maximum atomic E-state index is 11.1. The topological polar surface area (TPSA) is 76.5 Å². The van der Waals surface area contributed by atoms with E-state index in [1.807, 2.05) is 0 Å². The molecule has 0 aromatic carbocycles. The Kier molecular flexibility index (Phi) is 1.37. The Hall–Kier alpha value is -1.43. The summed E-state index contributed by atoms with van der Waals surface area (Å²) in [5.41, 5.74) is 0.0752. The molecule has 2 rings (SSSR count). The van der Waals surface area contributed by atoms with Crippen molar-refractivity contribution in [1.29, 1.82) is 0 Å². The van der Waals surface area contributed by atoms with Gasteiger partial charge in [-0.25, -0.2) is 0 Å². The molecule has 0 aliphatic carbocycles. The second kappa shape index (κ2) is 2.28. The summed E-state index contributed by atoms with van der Waals surface area (Å²) in [6.07, 6.45) is 0. The van der Waals surface area contributed by atoms with E-state index in [9.17, 15) is 4.79 Å². The second-order valence-electron chi connectivity index (χ2n) is 2.22. The molecule has 0 aliphatic rings. The van der Waals surface area contributed by atoms with Crippen LogP contribution in [0.5, 0.6) is 0 Å². The number of hydrogen-bond donors (Lipinski definition) is 1. The molecule has 2 heterocycles. The third-order valence-corrected chi connectivity index (χ3v) is 1.51. The predicted octanol–water partition coefficient (Wildman–Crippen LogP) is -0.295. The Labute approximate surface area is 71.2 Å². The lowest BCUT2D eigenvalue weighted by Gasteiger charge is -1.85. The number of H-pyrrole nitrogens is 1. The molecule has 2 aromatic rings. The van der Waals surface area contributed by atoms with Crippen molar-refractivity contribution < 1.29 is 0 Å². The number of nitrogens with one attached hydrogen (secondary N) is 1. The highest BCUT2D eigenvalue weighted by Crippen LogP contribution is 2.01. The minimum Gasteiger partial charge on any atom is -0.295 e. The molecule has 0 atom stereocenters. The van der Waals surface area contributed by atoms with Gasteiger partial charge in [-0.1, -0.05) is 0 Å². The molecule has 12 heavy (non-hydrogen) atoms. The van der Waals surface area contributed by atoms with Crippen LogP contribution in [-0.2, 0) is 7.05 Å². The molecule has 0 saturated heterocycles. The summed E-state index contributed by atoms with van der Waals surface area (Å²) in [4.78, 5) is 18.5. The first-order valence-electron chi connectivity index (χ1n) is 3.13. The number of aromatic nitrogens is 5. The fourth-order valence-electron chi connectivity index (χ4n) is 0.892. The summed E-state index contributed by atoms with van der Waals surface area (Å²) in [6.45, 7) is 0. The SMILES string of the molecule is Cn1nc2nc(Cl)[nH]c(=O)c2n1. The Morgan fingerprint density at radius 2 is 2.25 bits per heavy atom. The largest absolute Gasteiger partial charge is 0.295 e. The highest BCUT2D eigenvalue weighted by atomic mass is 35.5. The second-order valence-corrected chi connectivity index (χ2v) is 2.58. The summed E-state index contributed by atoms with van der Waals surface area (Å²) in [5, 5.41) is 7.64. The molecule has 7 heteroatoms. The van der Waals surface area contributed by atoms with Crippen LogP contribution in [0.4, 0.5) is 0 Å². The number of hydrogen-bond acceptors (Lipinski definition) is 4. The van der Waals surface area contributed by atoms with E-state index >= 15 is 0 Å². The first kappa shape index (κ1) is 7.23. The molecule has 0 unspecified atom stereocenters. The molecule has 0 aliphatic heterocycles. The van der Waals surface area contributed by atoms with Crippen LogP contribution in [0, 0.1) is 0 Å². The van der Waals surface area contributed by atoms with Crippen LogP contribution in [0.1, 0.15) is 0 Å². The smallest absolute Gasteiger partial charge is 0.282 e. The standard InChI is InChI=1S/C5H4ClN5O/c1-11-9-2-3(10-11)7-5(6)8-4(2)12/h1H3,(H,7,8,10,12). The van der Waals surface area contributed by atoms with Gasteiger partial charge in [0.1, 0.15) is 0 Å². The molecule has 0 radical (unpaired) electrons. The Morgan fingerprint density at radius 3 is 3.00 bits per heavy atom. The third kappa shape index (κ3) is 0.964. The Bertz CT molecular complexity index is 486. The van der Waals surface area contributed by atoms with Gasteiger partial charge in [0.25, 0.3) is 5.56 Å². The molecule has 0 bridgehead atoms. The van der Waals surface area contributed by atoms with Crippen LogP contribution >= 0.6 is 11.6 Å². The van der Waals surface area contributed by atoms with Gasteiger partial charge in [0, 0.05) is 7.05 Å². The van der Waals surface area contributed by atoms with Gasteiger partial charge in [0.15, 0.2) is 5.52 Å². The van der Waals surface area contributed by atoms with Crippen molar-refractivity contribution in [2.24, 2.45) is 7.05 Å². The average Bonchev–Trinajstić information content (AvgIpc) is 2.29. The maximum Gasteiger partial charge on any atom is 0.282 e. The van der Waals surface area contributed by atoms with Crippen LogP contribution in [0.2, 0.25) is 5.28 Å². The highest BCUT2D eigenvalue weighted by Gasteiger charge is 2.06. The van der Waals surface area contributed by atoms with E-state index in [1.54, 1.807) is 7.05 Å². The number of aromatic amines is 1. The van der Waals surface area contributed by atoms with E-state index in [4.69, 9.17) is 11.6 Å². The number of nitrogens with zero attached hydrogens (tertiary/aromatic N) is 4. The number of rotatable bonds is 0. The molecule has 0 spiro atoms. The van der Waals surface area contributed by atoms with Crippen molar-refractivity contribution in [1.82, 2.24) is 25.0 Å². The zero-order valence-corrected chi connectivity index (χ0v) is 6.83. The van der Waals surface area contributed by atoms with Gasteiger partial charge in [0.05, 0.1) is 0 Å². The monoisotopic (exact) mass is 185 g/mol. The lowest BCUT2D eigenvalue weighted by Crippen LogP contribution is -2.07. The van der Waals surface area contributed by atoms with Crippen LogP contribution in [-0.4, -0.2) is 25.0 Å². The van der Waals surface area contributed by atoms with Gasteiger partial charge < -0.3 is 0 Å². The number of fused-ring (bicyclic) bond motifs is 1. The molecule has 0 saturated carbocycles. The normalized spacial score (nSPS) is 10.8. The lowest BCUT2D eigenvalue weighted by atomic mass is 10.6. The van der Waals surface area contributed by atoms with Crippen molar-refractivity contribution in [3.05, 3.63) is 15.6 Å². The van der Waals surface area contributed by atoms with Crippen LogP contribution in [0.15, 0.2) is 4.79 Å². The third-order valence-electron chi connectivity index (χ3n) is 1.33. The van der Waals surface area contributed by atoms with Crippen molar-refractivity contribution in [3.8, 4) is 0 Å². The number of halogens is 1. The molecular formula is C5H4ClN5O. The lowest BCUT2D eigenvalue weighted by molar-refractivity contribution is 0.663. The molecular weight excluding hydrogens is 182 g/mol. The van der Waals surface area contributed by atoms with Crippen molar-refractivity contribution in [3.63, 3.8) is 0 Å². The Morgan fingerprint density at radius 1 is 1.50 bits per heavy atom. The van der Waals surface area contributed by atoms with E-state index < -0.39 is 0 Å². The van der Waals surface area contributed by atoms with Crippen LogP contribution in [0.3, 0.4) is 0 Å². The van der Waals surface area contributed by atoms with Crippen molar-refractivity contribution in [2.75, 3.05) is 0 Å². The van der Waals surface area contributed by atoms with Gasteiger partial charge >= 0.3 is 0 Å². The van der Waals surface area contributed by atoms with Gasteiger partial charge in [-0.3, -0.25) is 9.78 Å².